The first-order valence-electron chi connectivity index (χ1n) is 8.49. The van der Waals surface area contributed by atoms with Crippen molar-refractivity contribution in [3.8, 4) is 0 Å². The average molecular weight is 302 g/mol. The van der Waals surface area contributed by atoms with Crippen molar-refractivity contribution in [2.24, 2.45) is 5.92 Å². The summed E-state index contributed by atoms with van der Waals surface area (Å²) in [4.78, 5) is 25.4. The van der Waals surface area contributed by atoms with Gasteiger partial charge in [0.15, 0.2) is 0 Å². The zero-order valence-corrected chi connectivity index (χ0v) is 13.7. The Bertz CT molecular complexity index is 525. The molecule has 2 aliphatic rings. The SMILES string of the molecule is CC(=O)N1CCCC[C@@H]1c1cncc(N2CCC(C)CC2)n1. The predicted molar refractivity (Wildman–Crippen MR) is 86.6 cm³/mol. The van der Waals surface area contributed by atoms with Gasteiger partial charge < -0.3 is 9.80 Å². The molecule has 2 fully saturated rings. The van der Waals surface area contributed by atoms with E-state index in [2.05, 4.69) is 16.8 Å². The minimum atomic E-state index is 0.0995. The van der Waals surface area contributed by atoms with E-state index in [0.29, 0.717) is 0 Å². The van der Waals surface area contributed by atoms with E-state index in [9.17, 15) is 4.79 Å². The van der Waals surface area contributed by atoms with Gasteiger partial charge >= 0.3 is 0 Å². The third-order valence-electron chi connectivity index (χ3n) is 5.00. The molecule has 0 aliphatic carbocycles. The molecule has 0 bridgehead atoms. The molecule has 0 radical (unpaired) electrons. The Labute approximate surface area is 132 Å². The molecule has 5 heteroatoms. The summed E-state index contributed by atoms with van der Waals surface area (Å²) in [5, 5.41) is 0. The van der Waals surface area contributed by atoms with Crippen molar-refractivity contribution in [1.82, 2.24) is 14.9 Å². The number of carbonyl (C=O) groups excluding carboxylic acids is 1. The fourth-order valence-electron chi connectivity index (χ4n) is 3.54. The van der Waals surface area contributed by atoms with Crippen LogP contribution < -0.4 is 4.90 Å². The van der Waals surface area contributed by atoms with E-state index >= 15 is 0 Å². The van der Waals surface area contributed by atoms with Crippen LogP contribution in [0.1, 0.15) is 57.7 Å². The molecule has 1 aromatic rings. The first kappa shape index (κ1) is 15.3. The van der Waals surface area contributed by atoms with E-state index < -0.39 is 0 Å². The molecule has 120 valence electrons. The van der Waals surface area contributed by atoms with Crippen LogP contribution in [0.5, 0.6) is 0 Å². The van der Waals surface area contributed by atoms with Crippen LogP contribution in [0.15, 0.2) is 12.4 Å². The maximum atomic E-state index is 11.9. The van der Waals surface area contributed by atoms with Crippen molar-refractivity contribution in [3.05, 3.63) is 18.1 Å². The minimum absolute atomic E-state index is 0.0995. The van der Waals surface area contributed by atoms with Crippen molar-refractivity contribution < 1.29 is 4.79 Å². The van der Waals surface area contributed by atoms with Crippen LogP contribution in [0, 0.1) is 5.92 Å². The van der Waals surface area contributed by atoms with Crippen LogP contribution in [0.25, 0.3) is 0 Å². The number of hydrogen-bond donors (Lipinski definition) is 0. The maximum absolute atomic E-state index is 11.9. The second-order valence-electron chi connectivity index (χ2n) is 6.70. The molecule has 2 saturated heterocycles. The second-order valence-corrected chi connectivity index (χ2v) is 6.70. The van der Waals surface area contributed by atoms with Crippen molar-refractivity contribution in [2.75, 3.05) is 24.5 Å². The van der Waals surface area contributed by atoms with E-state index in [-0.39, 0.29) is 11.9 Å². The van der Waals surface area contributed by atoms with Gasteiger partial charge in [-0.2, -0.15) is 0 Å². The van der Waals surface area contributed by atoms with Gasteiger partial charge in [-0.3, -0.25) is 9.78 Å². The molecule has 2 aliphatic heterocycles. The highest BCUT2D eigenvalue weighted by atomic mass is 16.2. The number of likely N-dealkylation sites (tertiary alicyclic amines) is 1. The summed E-state index contributed by atoms with van der Waals surface area (Å²) in [6, 6.07) is 0.0995. The van der Waals surface area contributed by atoms with Gasteiger partial charge in [0, 0.05) is 26.6 Å². The van der Waals surface area contributed by atoms with E-state index in [1.165, 1.54) is 12.8 Å². The summed E-state index contributed by atoms with van der Waals surface area (Å²) < 4.78 is 0. The molecule has 0 aromatic carbocycles. The molecule has 3 rings (SSSR count). The molecular weight excluding hydrogens is 276 g/mol. The number of nitrogens with zero attached hydrogens (tertiary/aromatic N) is 4. The van der Waals surface area contributed by atoms with Crippen LogP contribution in [0.3, 0.4) is 0 Å². The third kappa shape index (κ3) is 3.23. The maximum Gasteiger partial charge on any atom is 0.220 e. The van der Waals surface area contributed by atoms with Gasteiger partial charge in [0.05, 0.1) is 24.1 Å². The topological polar surface area (TPSA) is 49.3 Å². The molecule has 1 aromatic heterocycles. The summed E-state index contributed by atoms with van der Waals surface area (Å²) in [6.45, 7) is 6.92. The number of carbonyl (C=O) groups is 1. The van der Waals surface area contributed by atoms with Crippen molar-refractivity contribution in [2.45, 2.75) is 52.0 Å². The summed E-state index contributed by atoms with van der Waals surface area (Å²) in [5.41, 5.74) is 0.950. The molecule has 5 nitrogen and oxygen atoms in total. The third-order valence-corrected chi connectivity index (χ3v) is 5.00. The number of amides is 1. The molecule has 1 atom stereocenters. The van der Waals surface area contributed by atoms with Crippen LogP contribution in [-0.2, 0) is 4.79 Å². The largest absolute Gasteiger partial charge is 0.355 e. The lowest BCUT2D eigenvalue weighted by Gasteiger charge is -2.35. The highest BCUT2D eigenvalue weighted by molar-refractivity contribution is 5.73. The van der Waals surface area contributed by atoms with Gasteiger partial charge in [0.25, 0.3) is 0 Å². The summed E-state index contributed by atoms with van der Waals surface area (Å²) in [5.74, 6) is 1.92. The summed E-state index contributed by atoms with van der Waals surface area (Å²) in [7, 11) is 0. The van der Waals surface area contributed by atoms with Crippen LogP contribution in [-0.4, -0.2) is 40.4 Å². The van der Waals surface area contributed by atoms with Crippen molar-refractivity contribution in [1.29, 1.82) is 0 Å². The first-order chi connectivity index (χ1) is 10.6. The summed E-state index contributed by atoms with van der Waals surface area (Å²) >= 11 is 0. The highest BCUT2D eigenvalue weighted by Gasteiger charge is 2.28. The number of aromatic nitrogens is 2. The smallest absolute Gasteiger partial charge is 0.220 e. The molecule has 22 heavy (non-hydrogen) atoms. The lowest BCUT2D eigenvalue weighted by molar-refractivity contribution is -0.132. The Morgan fingerprint density at radius 2 is 1.91 bits per heavy atom. The fraction of sp³-hybridized carbons (Fsp3) is 0.706. The van der Waals surface area contributed by atoms with Crippen LogP contribution in [0.4, 0.5) is 5.82 Å². The lowest BCUT2D eigenvalue weighted by Crippen LogP contribution is -2.38. The number of anilines is 1. The van der Waals surface area contributed by atoms with Gasteiger partial charge in [-0.05, 0) is 38.0 Å². The Balaban J connectivity index is 1.79. The van der Waals surface area contributed by atoms with Crippen molar-refractivity contribution in [3.63, 3.8) is 0 Å². The van der Waals surface area contributed by atoms with E-state index in [0.717, 1.165) is 56.3 Å². The molecule has 1 amide bonds. The van der Waals surface area contributed by atoms with E-state index in [4.69, 9.17) is 4.98 Å². The molecule has 0 unspecified atom stereocenters. The Morgan fingerprint density at radius 1 is 1.14 bits per heavy atom. The zero-order chi connectivity index (χ0) is 15.5. The molecule has 0 saturated carbocycles. The van der Waals surface area contributed by atoms with Gasteiger partial charge in [0.1, 0.15) is 5.82 Å². The monoisotopic (exact) mass is 302 g/mol. The predicted octanol–water partition coefficient (Wildman–Crippen LogP) is 2.79. The van der Waals surface area contributed by atoms with E-state index in [1.54, 1.807) is 6.92 Å². The average Bonchev–Trinajstić information content (AvgIpc) is 2.55. The quantitative estimate of drug-likeness (QED) is 0.843. The molecular formula is C17H26N4O. The van der Waals surface area contributed by atoms with Gasteiger partial charge in [-0.15, -0.1) is 0 Å². The Morgan fingerprint density at radius 3 is 2.64 bits per heavy atom. The zero-order valence-electron chi connectivity index (χ0n) is 13.7. The Hall–Kier alpha value is -1.65. The number of piperidine rings is 2. The van der Waals surface area contributed by atoms with Gasteiger partial charge in [0.2, 0.25) is 5.91 Å². The normalized spacial score (nSPS) is 23.6. The van der Waals surface area contributed by atoms with Crippen LogP contribution >= 0.6 is 0 Å². The number of hydrogen-bond acceptors (Lipinski definition) is 4. The molecule has 0 spiro atoms. The lowest BCUT2D eigenvalue weighted by atomic mass is 9.99. The Kier molecular flexibility index (Phi) is 4.60. The molecule has 0 N–H and O–H groups in total. The fourth-order valence-corrected chi connectivity index (χ4v) is 3.54. The van der Waals surface area contributed by atoms with Gasteiger partial charge in [-0.1, -0.05) is 6.92 Å². The minimum Gasteiger partial charge on any atom is -0.355 e. The number of rotatable bonds is 2. The second kappa shape index (κ2) is 6.63. The van der Waals surface area contributed by atoms with Crippen LogP contribution in [0.2, 0.25) is 0 Å². The standard InChI is InChI=1S/C17H26N4O/c1-13-6-9-20(10-7-13)17-12-18-11-15(19-17)16-5-3-4-8-21(16)14(2)22/h11-13,16H,3-10H2,1-2H3/t16-/m1/s1. The van der Waals surface area contributed by atoms with Gasteiger partial charge in [-0.25, -0.2) is 4.98 Å². The highest BCUT2D eigenvalue weighted by Crippen LogP contribution is 2.30. The molecule has 3 heterocycles. The summed E-state index contributed by atoms with van der Waals surface area (Å²) in [6.07, 6.45) is 9.37. The van der Waals surface area contributed by atoms with Crippen molar-refractivity contribution >= 4 is 11.7 Å². The first-order valence-corrected chi connectivity index (χ1v) is 8.49. The van der Waals surface area contributed by atoms with E-state index in [1.807, 2.05) is 17.3 Å².